The number of rotatable bonds is 0. The lowest BCUT2D eigenvalue weighted by Gasteiger charge is -2.45. The molecule has 0 bridgehead atoms. The number of hydrogen-bond donors (Lipinski definition) is 0. The van der Waals surface area contributed by atoms with Crippen molar-refractivity contribution in [3.63, 3.8) is 0 Å². The third-order valence-corrected chi connectivity index (χ3v) is 8.09. The molecule has 0 saturated carbocycles. The smallest absolute Gasteiger partial charge is 0.228 e. The largest absolute Gasteiger partial charge is 0.459 e. The summed E-state index contributed by atoms with van der Waals surface area (Å²) in [6.45, 7) is 6.71. The number of benzene rings is 5. The fourth-order valence-electron chi connectivity index (χ4n) is 6.16. The normalized spacial score (nSPS) is 20.2. The Labute approximate surface area is 199 Å². The van der Waals surface area contributed by atoms with Crippen LogP contribution in [0, 0.1) is 6.92 Å². The Hall–Kier alpha value is -3.85. The summed E-state index contributed by atoms with van der Waals surface area (Å²) < 4.78 is 6.99. The van der Waals surface area contributed by atoms with Gasteiger partial charge in [0.2, 0.25) is 5.72 Å². The Bertz CT molecular complexity index is 1700. The van der Waals surface area contributed by atoms with Gasteiger partial charge in [0.15, 0.2) is 0 Å². The van der Waals surface area contributed by atoms with Crippen molar-refractivity contribution in [2.75, 3.05) is 11.9 Å². The number of hydrogen-bond acceptors (Lipinski definition) is 3. The molecule has 1 atom stereocenters. The molecule has 5 aromatic rings. The van der Waals surface area contributed by atoms with Crippen LogP contribution in [0.4, 0.5) is 11.4 Å². The molecule has 0 fully saturated rings. The first-order chi connectivity index (χ1) is 16.4. The third-order valence-electron chi connectivity index (χ3n) is 8.09. The van der Waals surface area contributed by atoms with Crippen LogP contribution < -0.4 is 9.64 Å². The molecule has 3 heteroatoms. The molecule has 0 aliphatic carbocycles. The van der Waals surface area contributed by atoms with Crippen molar-refractivity contribution >= 4 is 49.9 Å². The lowest BCUT2D eigenvalue weighted by molar-refractivity contribution is 0.0826. The molecule has 166 valence electrons. The van der Waals surface area contributed by atoms with Gasteiger partial charge in [-0.3, -0.25) is 4.99 Å². The summed E-state index contributed by atoms with van der Waals surface area (Å²) >= 11 is 0. The number of fused-ring (bicyclic) bond motifs is 7. The second kappa shape index (κ2) is 6.38. The minimum absolute atomic E-state index is 0.297. The van der Waals surface area contributed by atoms with Gasteiger partial charge in [-0.1, -0.05) is 60.7 Å². The summed E-state index contributed by atoms with van der Waals surface area (Å²) in [6, 6.07) is 28.3. The van der Waals surface area contributed by atoms with Crippen LogP contribution in [0.1, 0.15) is 25.0 Å². The first-order valence-corrected chi connectivity index (χ1v) is 11.9. The van der Waals surface area contributed by atoms with Crippen LogP contribution in [0.25, 0.3) is 32.3 Å². The zero-order valence-corrected chi connectivity index (χ0v) is 19.9. The van der Waals surface area contributed by atoms with E-state index in [4.69, 9.17) is 9.73 Å². The van der Waals surface area contributed by atoms with Gasteiger partial charge in [0, 0.05) is 18.1 Å². The van der Waals surface area contributed by atoms with Gasteiger partial charge >= 0.3 is 0 Å². The minimum Gasteiger partial charge on any atom is -0.459 e. The molecule has 0 N–H and O–H groups in total. The van der Waals surface area contributed by atoms with Crippen molar-refractivity contribution in [2.24, 2.45) is 4.99 Å². The summed E-state index contributed by atoms with van der Waals surface area (Å²) in [4.78, 5) is 7.38. The molecule has 34 heavy (non-hydrogen) atoms. The number of anilines is 1. The van der Waals surface area contributed by atoms with E-state index in [0.29, 0.717) is 0 Å². The summed E-state index contributed by atoms with van der Waals surface area (Å²) in [5, 5.41) is 7.38. The fourth-order valence-corrected chi connectivity index (χ4v) is 6.16. The van der Waals surface area contributed by atoms with E-state index in [9.17, 15) is 0 Å². The molecule has 0 radical (unpaired) electrons. The minimum atomic E-state index is -0.698. The third kappa shape index (κ3) is 2.29. The maximum absolute atomic E-state index is 6.99. The van der Waals surface area contributed by atoms with Gasteiger partial charge in [-0.2, -0.15) is 0 Å². The van der Waals surface area contributed by atoms with Gasteiger partial charge in [-0.25, -0.2) is 0 Å². The standard InChI is InChI=1S/C31H26N2O/c1-19-15-27-29(24-14-13-20-9-7-8-12-23(20)28(19)24)32-18-31(34-27)30(2,3)25-16-21-10-5-6-11-22(21)17-26(25)33(31)4/h5-18H,1-4H3. The maximum Gasteiger partial charge on any atom is 0.228 e. The summed E-state index contributed by atoms with van der Waals surface area (Å²) in [7, 11) is 2.13. The predicted molar refractivity (Wildman–Crippen MR) is 143 cm³/mol. The second-order valence-corrected chi connectivity index (χ2v) is 10.2. The molecular formula is C31H26N2O. The van der Waals surface area contributed by atoms with Crippen molar-refractivity contribution in [2.45, 2.75) is 31.9 Å². The van der Waals surface area contributed by atoms with Crippen LogP contribution in [-0.2, 0) is 5.41 Å². The highest BCUT2D eigenvalue weighted by Crippen LogP contribution is 2.55. The zero-order valence-electron chi connectivity index (χ0n) is 19.9. The average Bonchev–Trinajstić information content (AvgIpc) is 3.00. The second-order valence-electron chi connectivity index (χ2n) is 10.2. The molecule has 0 amide bonds. The molecule has 2 aliphatic heterocycles. The highest BCUT2D eigenvalue weighted by atomic mass is 16.5. The first kappa shape index (κ1) is 19.6. The number of likely N-dealkylation sites (N-methyl/N-ethyl adjacent to an activating group) is 1. The van der Waals surface area contributed by atoms with Gasteiger partial charge in [0.1, 0.15) is 11.4 Å². The van der Waals surface area contributed by atoms with E-state index in [-0.39, 0.29) is 5.41 Å². The molecule has 7 rings (SSSR count). The highest BCUT2D eigenvalue weighted by molar-refractivity contribution is 6.14. The molecule has 2 heterocycles. The van der Waals surface area contributed by atoms with E-state index < -0.39 is 5.72 Å². The SMILES string of the molecule is Cc1cc2c(c3ccc4ccccc4c13)N=CC1(O2)N(C)c2cc3ccccc3cc2C1(C)C. The predicted octanol–water partition coefficient (Wildman–Crippen LogP) is 7.67. The van der Waals surface area contributed by atoms with E-state index in [1.54, 1.807) is 0 Å². The Morgan fingerprint density at radius 1 is 0.794 bits per heavy atom. The van der Waals surface area contributed by atoms with Gasteiger partial charge < -0.3 is 9.64 Å². The van der Waals surface area contributed by atoms with Crippen LogP contribution in [0.2, 0.25) is 0 Å². The fraction of sp³-hybridized carbons (Fsp3) is 0.194. The first-order valence-electron chi connectivity index (χ1n) is 11.9. The Kier molecular flexibility index (Phi) is 3.68. The van der Waals surface area contributed by atoms with Crippen molar-refractivity contribution in [3.8, 4) is 5.75 Å². The molecule has 5 aromatic carbocycles. The summed E-state index contributed by atoms with van der Waals surface area (Å²) in [6.07, 6.45) is 2.03. The molecule has 1 spiro atoms. The van der Waals surface area contributed by atoms with E-state index in [2.05, 4.69) is 112 Å². The van der Waals surface area contributed by atoms with E-state index >= 15 is 0 Å². The molecule has 3 nitrogen and oxygen atoms in total. The number of nitrogens with zero attached hydrogens (tertiary/aromatic N) is 2. The quantitative estimate of drug-likeness (QED) is 0.230. The monoisotopic (exact) mass is 442 g/mol. The average molecular weight is 443 g/mol. The van der Waals surface area contributed by atoms with Crippen LogP contribution in [-0.4, -0.2) is 19.0 Å². The zero-order chi connectivity index (χ0) is 23.2. The molecular weight excluding hydrogens is 416 g/mol. The van der Waals surface area contributed by atoms with Crippen molar-refractivity contribution in [1.29, 1.82) is 0 Å². The number of aryl methyl sites for hydroxylation is 1. The maximum atomic E-state index is 6.99. The van der Waals surface area contributed by atoms with Gasteiger partial charge in [-0.05, 0) is 77.0 Å². The van der Waals surface area contributed by atoms with Crippen LogP contribution >= 0.6 is 0 Å². The van der Waals surface area contributed by atoms with E-state index in [1.807, 2.05) is 6.21 Å². The summed E-state index contributed by atoms with van der Waals surface area (Å²) in [5.41, 5.74) is 3.61. The highest BCUT2D eigenvalue weighted by Gasteiger charge is 2.58. The number of aliphatic imine (C=N–C) groups is 1. The Morgan fingerprint density at radius 2 is 1.50 bits per heavy atom. The topological polar surface area (TPSA) is 24.8 Å². The Morgan fingerprint density at radius 3 is 2.29 bits per heavy atom. The molecule has 0 saturated heterocycles. The van der Waals surface area contributed by atoms with E-state index in [1.165, 1.54) is 43.7 Å². The van der Waals surface area contributed by atoms with E-state index in [0.717, 1.165) is 16.8 Å². The summed E-state index contributed by atoms with van der Waals surface area (Å²) in [5.74, 6) is 0.847. The lowest BCUT2D eigenvalue weighted by Crippen LogP contribution is -2.61. The van der Waals surface area contributed by atoms with Gasteiger partial charge in [-0.15, -0.1) is 0 Å². The molecule has 0 aromatic heterocycles. The van der Waals surface area contributed by atoms with Gasteiger partial charge in [0.05, 0.1) is 11.6 Å². The van der Waals surface area contributed by atoms with Crippen molar-refractivity contribution in [3.05, 3.63) is 90.0 Å². The molecule has 2 aliphatic rings. The lowest BCUT2D eigenvalue weighted by atomic mass is 9.77. The van der Waals surface area contributed by atoms with Crippen molar-refractivity contribution in [1.82, 2.24) is 0 Å². The van der Waals surface area contributed by atoms with Gasteiger partial charge in [0.25, 0.3) is 0 Å². The molecule has 1 unspecified atom stereocenters. The van der Waals surface area contributed by atoms with Crippen molar-refractivity contribution < 1.29 is 4.74 Å². The number of ether oxygens (including phenoxy) is 1. The van der Waals surface area contributed by atoms with Crippen LogP contribution in [0.3, 0.4) is 0 Å². The van der Waals surface area contributed by atoms with Crippen LogP contribution in [0.15, 0.2) is 83.9 Å². The Balaban J connectivity index is 1.45. The van der Waals surface area contributed by atoms with Crippen LogP contribution in [0.5, 0.6) is 5.75 Å².